The molecule has 0 bridgehead atoms. The first kappa shape index (κ1) is 15.4. The molecule has 5 nitrogen and oxygen atoms in total. The number of benzene rings is 1. The number of halogens is 1. The van der Waals surface area contributed by atoms with Gasteiger partial charge in [0, 0.05) is 48.8 Å². The summed E-state index contributed by atoms with van der Waals surface area (Å²) in [4.78, 5) is 21.3. The van der Waals surface area contributed by atoms with E-state index in [2.05, 4.69) is 25.8 Å². The summed E-state index contributed by atoms with van der Waals surface area (Å²) in [5.74, 6) is 1.98. The number of carbonyl (C=O) groups is 1. The van der Waals surface area contributed by atoms with Crippen LogP contribution in [0.5, 0.6) is 5.75 Å². The van der Waals surface area contributed by atoms with Crippen LogP contribution < -0.4 is 9.64 Å². The fraction of sp³-hybridized carbons (Fsp3) is 0.333. The number of aromatic nitrogens is 1. The molecule has 2 aromatic rings. The van der Waals surface area contributed by atoms with Crippen molar-refractivity contribution in [2.45, 2.75) is 6.42 Å². The highest BCUT2D eigenvalue weighted by molar-refractivity contribution is 9.10. The van der Waals surface area contributed by atoms with E-state index in [9.17, 15) is 4.79 Å². The number of amides is 1. The van der Waals surface area contributed by atoms with Crippen LogP contribution in [-0.2, 0) is 6.42 Å². The predicted octanol–water partition coefficient (Wildman–Crippen LogP) is 2.74. The van der Waals surface area contributed by atoms with Crippen LogP contribution in [0.25, 0.3) is 0 Å². The molecule has 24 heavy (non-hydrogen) atoms. The Balaban J connectivity index is 1.42. The molecule has 0 N–H and O–H groups in total. The summed E-state index contributed by atoms with van der Waals surface area (Å²) in [7, 11) is 0. The van der Waals surface area contributed by atoms with E-state index in [0.717, 1.165) is 46.7 Å². The van der Waals surface area contributed by atoms with Crippen molar-refractivity contribution in [3.8, 4) is 5.75 Å². The number of piperazine rings is 1. The van der Waals surface area contributed by atoms with E-state index in [1.165, 1.54) is 0 Å². The van der Waals surface area contributed by atoms with E-state index in [1.807, 2.05) is 35.2 Å². The van der Waals surface area contributed by atoms with Crippen LogP contribution in [0.2, 0.25) is 0 Å². The van der Waals surface area contributed by atoms with E-state index in [1.54, 1.807) is 6.20 Å². The van der Waals surface area contributed by atoms with Gasteiger partial charge in [-0.15, -0.1) is 0 Å². The summed E-state index contributed by atoms with van der Waals surface area (Å²) in [6, 6.07) is 9.76. The number of hydrogen-bond acceptors (Lipinski definition) is 4. The Morgan fingerprint density at radius 1 is 1.12 bits per heavy atom. The Morgan fingerprint density at radius 2 is 1.96 bits per heavy atom. The highest BCUT2D eigenvalue weighted by Gasteiger charge is 2.24. The van der Waals surface area contributed by atoms with Gasteiger partial charge in [0.25, 0.3) is 5.91 Å². The Kier molecular flexibility index (Phi) is 4.14. The fourth-order valence-corrected chi connectivity index (χ4v) is 3.43. The Labute approximate surface area is 149 Å². The van der Waals surface area contributed by atoms with Crippen molar-refractivity contribution in [3.63, 3.8) is 0 Å². The van der Waals surface area contributed by atoms with Crippen LogP contribution in [0.15, 0.2) is 41.0 Å². The molecule has 0 saturated carbocycles. The lowest BCUT2D eigenvalue weighted by Crippen LogP contribution is -2.49. The molecule has 0 radical (unpaired) electrons. The SMILES string of the molecule is O=C(c1ccc2c(c1)CCO2)N1CCN(c2ccc(Br)cn2)CC1. The van der Waals surface area contributed by atoms with E-state index in [4.69, 9.17) is 4.74 Å². The zero-order valence-corrected chi connectivity index (χ0v) is 14.8. The molecule has 2 aliphatic heterocycles. The molecule has 0 aliphatic carbocycles. The first-order chi connectivity index (χ1) is 11.7. The van der Waals surface area contributed by atoms with E-state index in [-0.39, 0.29) is 5.91 Å². The van der Waals surface area contributed by atoms with Crippen molar-refractivity contribution in [1.82, 2.24) is 9.88 Å². The van der Waals surface area contributed by atoms with Gasteiger partial charge in [-0.1, -0.05) is 0 Å². The number of carbonyl (C=O) groups excluding carboxylic acids is 1. The van der Waals surface area contributed by atoms with E-state index < -0.39 is 0 Å². The number of pyridine rings is 1. The van der Waals surface area contributed by atoms with Crippen molar-refractivity contribution in [2.75, 3.05) is 37.7 Å². The lowest BCUT2D eigenvalue weighted by Gasteiger charge is -2.35. The van der Waals surface area contributed by atoms with Crippen molar-refractivity contribution < 1.29 is 9.53 Å². The number of nitrogens with zero attached hydrogens (tertiary/aromatic N) is 3. The normalized spacial score (nSPS) is 16.7. The van der Waals surface area contributed by atoms with Gasteiger partial charge < -0.3 is 14.5 Å². The van der Waals surface area contributed by atoms with Crippen molar-refractivity contribution in [1.29, 1.82) is 0 Å². The zero-order valence-electron chi connectivity index (χ0n) is 13.2. The van der Waals surface area contributed by atoms with Crippen LogP contribution >= 0.6 is 15.9 Å². The molecule has 6 heteroatoms. The molecule has 1 amide bonds. The largest absolute Gasteiger partial charge is 0.493 e. The van der Waals surface area contributed by atoms with Crippen molar-refractivity contribution in [3.05, 3.63) is 52.1 Å². The average molecular weight is 388 g/mol. The molecule has 3 heterocycles. The second-order valence-corrected chi connectivity index (χ2v) is 6.95. The molecule has 0 unspecified atom stereocenters. The highest BCUT2D eigenvalue weighted by Crippen LogP contribution is 2.26. The maximum absolute atomic E-state index is 12.7. The molecular formula is C18H18BrN3O2. The quantitative estimate of drug-likeness (QED) is 0.794. The standard InChI is InChI=1S/C18H18BrN3O2/c19-15-2-4-17(20-12-15)21-6-8-22(9-7-21)18(23)14-1-3-16-13(11-14)5-10-24-16/h1-4,11-12H,5-10H2. The fourth-order valence-electron chi connectivity index (χ4n) is 3.20. The third-order valence-electron chi connectivity index (χ3n) is 4.54. The minimum atomic E-state index is 0.105. The number of anilines is 1. The summed E-state index contributed by atoms with van der Waals surface area (Å²) >= 11 is 3.40. The molecule has 0 spiro atoms. The third-order valence-corrected chi connectivity index (χ3v) is 5.01. The van der Waals surface area contributed by atoms with Crippen LogP contribution in [-0.4, -0.2) is 48.6 Å². The lowest BCUT2D eigenvalue weighted by atomic mass is 10.1. The van der Waals surface area contributed by atoms with Gasteiger partial charge in [-0.2, -0.15) is 0 Å². The zero-order chi connectivity index (χ0) is 16.5. The molecule has 2 aliphatic rings. The number of hydrogen-bond donors (Lipinski definition) is 0. The van der Waals surface area contributed by atoms with Gasteiger partial charge in [0.2, 0.25) is 0 Å². The molecule has 1 fully saturated rings. The third kappa shape index (κ3) is 2.98. The number of rotatable bonds is 2. The topological polar surface area (TPSA) is 45.7 Å². The molecule has 1 aromatic carbocycles. The second-order valence-electron chi connectivity index (χ2n) is 6.03. The summed E-state index contributed by atoms with van der Waals surface area (Å²) < 4.78 is 6.48. The minimum absolute atomic E-state index is 0.105. The smallest absolute Gasteiger partial charge is 0.253 e. The van der Waals surface area contributed by atoms with Crippen LogP contribution in [0.3, 0.4) is 0 Å². The van der Waals surface area contributed by atoms with Gasteiger partial charge in [-0.25, -0.2) is 4.98 Å². The van der Waals surface area contributed by atoms with Gasteiger partial charge in [0.15, 0.2) is 0 Å². The predicted molar refractivity (Wildman–Crippen MR) is 95.7 cm³/mol. The van der Waals surface area contributed by atoms with Gasteiger partial charge >= 0.3 is 0 Å². The van der Waals surface area contributed by atoms with E-state index >= 15 is 0 Å². The summed E-state index contributed by atoms with van der Waals surface area (Å²) in [6.07, 6.45) is 2.69. The monoisotopic (exact) mass is 387 g/mol. The molecule has 4 rings (SSSR count). The van der Waals surface area contributed by atoms with Gasteiger partial charge in [0.1, 0.15) is 11.6 Å². The number of ether oxygens (including phenoxy) is 1. The lowest BCUT2D eigenvalue weighted by molar-refractivity contribution is 0.0746. The first-order valence-electron chi connectivity index (χ1n) is 8.12. The van der Waals surface area contributed by atoms with Gasteiger partial charge in [-0.3, -0.25) is 4.79 Å². The van der Waals surface area contributed by atoms with Crippen molar-refractivity contribution in [2.24, 2.45) is 0 Å². The highest BCUT2D eigenvalue weighted by atomic mass is 79.9. The van der Waals surface area contributed by atoms with Crippen molar-refractivity contribution >= 4 is 27.7 Å². The second kappa shape index (κ2) is 6.43. The summed E-state index contributed by atoms with van der Waals surface area (Å²) in [5.41, 5.74) is 1.90. The average Bonchev–Trinajstić information content (AvgIpc) is 3.09. The van der Waals surface area contributed by atoms with Gasteiger partial charge in [0.05, 0.1) is 6.61 Å². The van der Waals surface area contributed by atoms with Crippen LogP contribution in [0.1, 0.15) is 15.9 Å². The summed E-state index contributed by atoms with van der Waals surface area (Å²) in [6.45, 7) is 3.74. The van der Waals surface area contributed by atoms with Crippen LogP contribution in [0, 0.1) is 0 Å². The number of fused-ring (bicyclic) bond motifs is 1. The Morgan fingerprint density at radius 3 is 2.71 bits per heavy atom. The maximum Gasteiger partial charge on any atom is 0.253 e. The molecule has 1 aromatic heterocycles. The summed E-state index contributed by atoms with van der Waals surface area (Å²) in [5, 5.41) is 0. The molecule has 1 saturated heterocycles. The first-order valence-corrected chi connectivity index (χ1v) is 8.91. The molecule has 124 valence electrons. The minimum Gasteiger partial charge on any atom is -0.493 e. The molecule has 0 atom stereocenters. The Bertz CT molecular complexity index is 755. The van der Waals surface area contributed by atoms with Crippen LogP contribution in [0.4, 0.5) is 5.82 Å². The maximum atomic E-state index is 12.7. The molecular weight excluding hydrogens is 370 g/mol. The Hall–Kier alpha value is -2.08. The van der Waals surface area contributed by atoms with Gasteiger partial charge in [-0.05, 0) is 51.8 Å². The van der Waals surface area contributed by atoms with E-state index in [0.29, 0.717) is 19.7 Å².